The summed E-state index contributed by atoms with van der Waals surface area (Å²) >= 11 is 0. The van der Waals surface area contributed by atoms with Gasteiger partial charge < -0.3 is 25.3 Å². The fourth-order valence-corrected chi connectivity index (χ4v) is 3.89. The molecule has 3 aromatic carbocycles. The highest BCUT2D eigenvalue weighted by Gasteiger charge is 2.31. The van der Waals surface area contributed by atoms with Crippen LogP contribution in [0.2, 0.25) is 0 Å². The van der Waals surface area contributed by atoms with E-state index in [9.17, 15) is 22.8 Å². The van der Waals surface area contributed by atoms with E-state index in [2.05, 4.69) is 10.3 Å². The monoisotopic (exact) mass is 543 g/mol. The van der Waals surface area contributed by atoms with Crippen LogP contribution in [0.25, 0.3) is 10.9 Å². The van der Waals surface area contributed by atoms with Gasteiger partial charge in [0.2, 0.25) is 0 Å². The molecule has 12 heteroatoms. The second kappa shape index (κ2) is 10.9. The number of nitrogens with zero attached hydrogens (tertiary/aromatic N) is 1. The summed E-state index contributed by atoms with van der Waals surface area (Å²) in [6, 6.07) is 11.1. The van der Waals surface area contributed by atoms with Gasteiger partial charge >= 0.3 is 18.0 Å². The van der Waals surface area contributed by atoms with E-state index in [-0.39, 0.29) is 22.6 Å². The summed E-state index contributed by atoms with van der Waals surface area (Å²) in [6.07, 6.45) is -3.21. The van der Waals surface area contributed by atoms with E-state index < -0.39 is 35.4 Å². The van der Waals surface area contributed by atoms with Gasteiger partial charge in [0.1, 0.15) is 5.75 Å². The van der Waals surface area contributed by atoms with Gasteiger partial charge in [0.15, 0.2) is 23.1 Å². The summed E-state index contributed by atoms with van der Waals surface area (Å²) in [7, 11) is 2.93. The number of hydrogen-bond donors (Lipinski definition) is 2. The number of amides is 2. The second-order valence-corrected chi connectivity index (χ2v) is 8.22. The van der Waals surface area contributed by atoms with Crippen molar-refractivity contribution in [3.8, 4) is 23.0 Å². The minimum atomic E-state index is -4.67. The molecule has 4 rings (SSSR count). The highest BCUT2D eigenvalue weighted by molar-refractivity contribution is 6.34. The molecular formula is C27H21F4N3O5. The topological polar surface area (TPSA) is 113 Å². The van der Waals surface area contributed by atoms with Gasteiger partial charge in [0.25, 0.3) is 0 Å². The number of methoxy groups -OCH3 is 2. The van der Waals surface area contributed by atoms with Gasteiger partial charge in [0, 0.05) is 17.6 Å². The number of alkyl halides is 3. The van der Waals surface area contributed by atoms with Crippen LogP contribution >= 0.6 is 0 Å². The molecule has 3 N–H and O–H groups in total. The lowest BCUT2D eigenvalue weighted by molar-refractivity contribution is -0.138. The Balaban J connectivity index is 1.72. The lowest BCUT2D eigenvalue weighted by Crippen LogP contribution is -2.38. The van der Waals surface area contributed by atoms with E-state index in [0.29, 0.717) is 22.4 Å². The van der Waals surface area contributed by atoms with Crippen molar-refractivity contribution in [2.45, 2.75) is 12.2 Å². The van der Waals surface area contributed by atoms with Crippen molar-refractivity contribution < 1.29 is 41.4 Å². The average molecular weight is 543 g/mol. The minimum Gasteiger partial charge on any atom is -0.493 e. The van der Waals surface area contributed by atoms with E-state index in [1.54, 1.807) is 12.1 Å². The van der Waals surface area contributed by atoms with Gasteiger partial charge in [-0.3, -0.25) is 14.6 Å². The first-order valence-corrected chi connectivity index (χ1v) is 11.3. The second-order valence-electron chi connectivity index (χ2n) is 8.22. The molecule has 0 saturated heterocycles. The normalized spacial score (nSPS) is 12.1. The van der Waals surface area contributed by atoms with Crippen LogP contribution in [-0.2, 0) is 15.8 Å². The first kappa shape index (κ1) is 27.2. The molecule has 1 atom stereocenters. The maximum absolute atomic E-state index is 15.3. The maximum Gasteiger partial charge on any atom is 0.416 e. The van der Waals surface area contributed by atoms with Crippen molar-refractivity contribution in [3.05, 3.63) is 89.4 Å². The van der Waals surface area contributed by atoms with Crippen molar-refractivity contribution in [2.24, 2.45) is 5.73 Å². The first-order chi connectivity index (χ1) is 18.5. The van der Waals surface area contributed by atoms with Crippen LogP contribution in [-0.4, -0.2) is 31.0 Å². The van der Waals surface area contributed by atoms with Crippen molar-refractivity contribution in [3.63, 3.8) is 0 Å². The summed E-state index contributed by atoms with van der Waals surface area (Å²) in [5, 5.41) is 2.74. The van der Waals surface area contributed by atoms with Crippen LogP contribution in [0.5, 0.6) is 23.0 Å². The molecule has 202 valence electrons. The van der Waals surface area contributed by atoms with Crippen LogP contribution < -0.4 is 25.3 Å². The zero-order chi connectivity index (χ0) is 28.3. The summed E-state index contributed by atoms with van der Waals surface area (Å²) in [5.41, 5.74) is 4.51. The summed E-state index contributed by atoms with van der Waals surface area (Å²) in [6.45, 7) is 0. The van der Waals surface area contributed by atoms with E-state index in [4.69, 9.17) is 19.9 Å². The third-order valence-corrected chi connectivity index (χ3v) is 5.76. The van der Waals surface area contributed by atoms with E-state index in [1.807, 2.05) is 0 Å². The number of aromatic nitrogens is 1. The number of carbonyl (C=O) groups is 2. The number of hydrogen-bond acceptors (Lipinski definition) is 6. The highest BCUT2D eigenvalue weighted by atomic mass is 19.4. The summed E-state index contributed by atoms with van der Waals surface area (Å²) < 4.78 is 71.5. The minimum absolute atomic E-state index is 0.0415. The highest BCUT2D eigenvalue weighted by Crippen LogP contribution is 2.38. The van der Waals surface area contributed by atoms with Crippen molar-refractivity contribution in [1.82, 2.24) is 10.3 Å². The number of nitrogens with two attached hydrogens (primary N) is 1. The summed E-state index contributed by atoms with van der Waals surface area (Å²) in [5.74, 6) is -2.65. The molecule has 0 radical (unpaired) electrons. The number of ether oxygens (including phenoxy) is 3. The van der Waals surface area contributed by atoms with Crippen LogP contribution in [0.15, 0.2) is 66.9 Å². The fraction of sp³-hybridized carbons (Fsp3) is 0.148. The fourth-order valence-electron chi connectivity index (χ4n) is 3.89. The summed E-state index contributed by atoms with van der Waals surface area (Å²) in [4.78, 5) is 27.7. The molecule has 0 aliphatic rings. The number of rotatable bonds is 7. The first-order valence-electron chi connectivity index (χ1n) is 11.3. The van der Waals surface area contributed by atoms with Crippen LogP contribution in [0.4, 0.5) is 17.6 Å². The molecule has 0 fully saturated rings. The Kier molecular flexibility index (Phi) is 7.56. The molecule has 4 aromatic rings. The van der Waals surface area contributed by atoms with E-state index >= 15 is 4.39 Å². The number of pyridine rings is 1. The SMILES string of the molecule is COc1cc2nccc(Oc3ccc(C(NC(=O)C(N)=O)c4cccc(C(F)(F)F)c4)cc3F)c2cc1OC. The van der Waals surface area contributed by atoms with E-state index in [0.717, 1.165) is 24.3 Å². The molecule has 1 unspecified atom stereocenters. The third-order valence-electron chi connectivity index (χ3n) is 5.76. The van der Waals surface area contributed by atoms with Crippen LogP contribution in [0.3, 0.4) is 0 Å². The van der Waals surface area contributed by atoms with Gasteiger partial charge in [-0.05, 0) is 47.5 Å². The van der Waals surface area contributed by atoms with Gasteiger partial charge in [0.05, 0.1) is 31.3 Å². The molecule has 39 heavy (non-hydrogen) atoms. The standard InChI is InChI=1S/C27H21F4N3O5/c1-37-22-12-17-19(13-23(22)38-2)33-9-8-20(17)39-21-7-6-15(11-18(21)28)24(34-26(36)25(32)35)14-4-3-5-16(10-14)27(29,30)31/h3-13,24H,1-2H3,(H2,32,35)(H,34,36). The molecular weight excluding hydrogens is 522 g/mol. The molecule has 0 bridgehead atoms. The zero-order valence-corrected chi connectivity index (χ0v) is 20.5. The number of primary amides is 1. The molecule has 8 nitrogen and oxygen atoms in total. The molecule has 1 heterocycles. The molecule has 2 amide bonds. The van der Waals surface area contributed by atoms with Crippen molar-refractivity contribution >= 4 is 22.7 Å². The van der Waals surface area contributed by atoms with E-state index in [1.165, 1.54) is 44.7 Å². The number of nitrogens with one attached hydrogen (secondary N) is 1. The average Bonchev–Trinajstić information content (AvgIpc) is 2.91. The maximum atomic E-state index is 15.3. The molecule has 0 spiro atoms. The molecule has 0 aliphatic heterocycles. The largest absolute Gasteiger partial charge is 0.493 e. The zero-order valence-electron chi connectivity index (χ0n) is 20.5. The van der Waals surface area contributed by atoms with Crippen LogP contribution in [0, 0.1) is 5.82 Å². The van der Waals surface area contributed by atoms with Crippen molar-refractivity contribution in [1.29, 1.82) is 0 Å². The molecule has 0 aliphatic carbocycles. The number of halogens is 4. The predicted octanol–water partition coefficient (Wildman–Crippen LogP) is 4.89. The Morgan fingerprint density at radius 3 is 2.23 bits per heavy atom. The lowest BCUT2D eigenvalue weighted by Gasteiger charge is -2.21. The van der Waals surface area contributed by atoms with Gasteiger partial charge in [-0.2, -0.15) is 13.2 Å². The smallest absolute Gasteiger partial charge is 0.416 e. The predicted molar refractivity (Wildman–Crippen MR) is 132 cm³/mol. The van der Waals surface area contributed by atoms with Gasteiger partial charge in [-0.15, -0.1) is 0 Å². The Labute approximate surface area is 219 Å². The van der Waals surface area contributed by atoms with Gasteiger partial charge in [-0.1, -0.05) is 18.2 Å². The van der Waals surface area contributed by atoms with Gasteiger partial charge in [-0.25, -0.2) is 4.39 Å². The Bertz CT molecular complexity index is 1560. The lowest BCUT2D eigenvalue weighted by atomic mass is 9.96. The molecule has 1 aromatic heterocycles. The number of fused-ring (bicyclic) bond motifs is 1. The Hall–Kier alpha value is -4.87. The quantitative estimate of drug-likeness (QED) is 0.254. The molecule has 0 saturated carbocycles. The Morgan fingerprint density at radius 1 is 0.897 bits per heavy atom. The van der Waals surface area contributed by atoms with Crippen LogP contribution in [0.1, 0.15) is 22.7 Å². The number of benzene rings is 3. The third kappa shape index (κ3) is 5.84. The van der Waals surface area contributed by atoms with Crippen molar-refractivity contribution in [2.75, 3.05) is 14.2 Å². The Morgan fingerprint density at radius 2 is 1.59 bits per heavy atom. The number of carbonyl (C=O) groups excluding carboxylic acids is 2.